The van der Waals surface area contributed by atoms with Gasteiger partial charge in [0.2, 0.25) is 5.78 Å². The zero-order valence-electron chi connectivity index (χ0n) is 18.9. The minimum absolute atomic E-state index is 0.105. The molecule has 0 aromatic heterocycles. The molecular weight excluding hydrogens is 418 g/mol. The summed E-state index contributed by atoms with van der Waals surface area (Å²) in [6, 6.07) is 17.5. The van der Waals surface area contributed by atoms with Crippen molar-refractivity contribution in [1.82, 2.24) is 4.90 Å². The summed E-state index contributed by atoms with van der Waals surface area (Å²) in [5.74, 6) is 2.95. The molecule has 0 fully saturated rings. The van der Waals surface area contributed by atoms with Crippen molar-refractivity contribution in [3.8, 4) is 23.0 Å². The standard InChI is InChI=1S/C27H25NO5/c1-17-5-4-6-18(11-17)12-25-26(29)20-8-10-22-21(27(20)33-25)15-28(16-32-22)14-19-7-9-23(30-2)24(13-19)31-3/h4-13H,14-16H2,1-3H3/b25-12-. The van der Waals surface area contributed by atoms with E-state index in [0.29, 0.717) is 48.4 Å². The van der Waals surface area contributed by atoms with Crippen LogP contribution in [0.15, 0.2) is 60.4 Å². The predicted molar refractivity (Wildman–Crippen MR) is 125 cm³/mol. The summed E-state index contributed by atoms with van der Waals surface area (Å²) in [6.45, 7) is 3.73. The highest BCUT2D eigenvalue weighted by molar-refractivity contribution is 6.15. The Balaban J connectivity index is 1.40. The van der Waals surface area contributed by atoms with E-state index in [-0.39, 0.29) is 5.78 Å². The molecule has 33 heavy (non-hydrogen) atoms. The first-order valence-electron chi connectivity index (χ1n) is 10.8. The van der Waals surface area contributed by atoms with Gasteiger partial charge in [0.1, 0.15) is 18.2 Å². The van der Waals surface area contributed by atoms with Crippen LogP contribution in [0.4, 0.5) is 0 Å². The molecule has 0 bridgehead atoms. The van der Waals surface area contributed by atoms with Crippen molar-refractivity contribution in [3.05, 3.63) is 88.2 Å². The largest absolute Gasteiger partial charge is 0.493 e. The Labute approximate surface area is 193 Å². The molecule has 2 aliphatic heterocycles. The van der Waals surface area contributed by atoms with E-state index in [4.69, 9.17) is 18.9 Å². The third-order valence-electron chi connectivity index (χ3n) is 5.88. The van der Waals surface area contributed by atoms with Gasteiger partial charge >= 0.3 is 0 Å². The predicted octanol–water partition coefficient (Wildman–Crippen LogP) is 4.98. The summed E-state index contributed by atoms with van der Waals surface area (Å²) in [4.78, 5) is 15.2. The first-order chi connectivity index (χ1) is 16.1. The van der Waals surface area contributed by atoms with Crippen molar-refractivity contribution >= 4 is 11.9 Å². The average Bonchev–Trinajstić information content (AvgIpc) is 3.14. The van der Waals surface area contributed by atoms with E-state index in [0.717, 1.165) is 28.0 Å². The van der Waals surface area contributed by atoms with Gasteiger partial charge in [0.25, 0.3) is 0 Å². The summed E-state index contributed by atoms with van der Waals surface area (Å²) < 4.78 is 22.8. The Kier molecular flexibility index (Phi) is 5.52. The molecule has 168 valence electrons. The summed E-state index contributed by atoms with van der Waals surface area (Å²) in [5.41, 5.74) is 4.60. The number of aryl methyl sites for hydroxylation is 1. The molecule has 0 aliphatic carbocycles. The van der Waals surface area contributed by atoms with Crippen molar-refractivity contribution in [2.75, 3.05) is 21.0 Å². The van der Waals surface area contributed by atoms with Gasteiger partial charge in [0.05, 0.1) is 25.3 Å². The van der Waals surface area contributed by atoms with E-state index >= 15 is 0 Å². The summed E-state index contributed by atoms with van der Waals surface area (Å²) >= 11 is 0. The smallest absolute Gasteiger partial charge is 0.231 e. The van der Waals surface area contributed by atoms with Gasteiger partial charge in [-0.25, -0.2) is 0 Å². The zero-order valence-corrected chi connectivity index (χ0v) is 18.9. The molecule has 0 N–H and O–H groups in total. The van der Waals surface area contributed by atoms with Crippen LogP contribution in [0.25, 0.3) is 6.08 Å². The van der Waals surface area contributed by atoms with Crippen LogP contribution in [-0.2, 0) is 13.1 Å². The second-order valence-corrected chi connectivity index (χ2v) is 8.22. The fourth-order valence-electron chi connectivity index (χ4n) is 4.25. The van der Waals surface area contributed by atoms with Crippen molar-refractivity contribution in [1.29, 1.82) is 0 Å². The van der Waals surface area contributed by atoms with E-state index < -0.39 is 0 Å². The maximum absolute atomic E-state index is 13.0. The molecule has 0 amide bonds. The Bertz CT molecular complexity index is 1260. The fourth-order valence-corrected chi connectivity index (χ4v) is 4.25. The highest BCUT2D eigenvalue weighted by atomic mass is 16.5. The first-order valence-corrected chi connectivity index (χ1v) is 10.8. The highest BCUT2D eigenvalue weighted by Gasteiger charge is 2.33. The number of ketones is 1. The summed E-state index contributed by atoms with van der Waals surface area (Å²) in [6.07, 6.45) is 1.80. The number of rotatable bonds is 5. The molecule has 5 rings (SSSR count). The second kappa shape index (κ2) is 8.64. The lowest BCUT2D eigenvalue weighted by molar-refractivity contribution is 0.0872. The number of carbonyl (C=O) groups is 1. The summed E-state index contributed by atoms with van der Waals surface area (Å²) in [7, 11) is 3.25. The van der Waals surface area contributed by atoms with Gasteiger partial charge in [-0.1, -0.05) is 35.9 Å². The third kappa shape index (κ3) is 4.05. The molecule has 6 heteroatoms. The topological polar surface area (TPSA) is 57.2 Å². The fraction of sp³-hybridized carbons (Fsp3) is 0.222. The van der Waals surface area contributed by atoms with Gasteiger partial charge in [-0.05, 0) is 48.4 Å². The van der Waals surface area contributed by atoms with E-state index in [9.17, 15) is 4.79 Å². The van der Waals surface area contributed by atoms with Crippen LogP contribution >= 0.6 is 0 Å². The lowest BCUT2D eigenvalue weighted by atomic mass is 10.0. The van der Waals surface area contributed by atoms with Crippen LogP contribution < -0.4 is 18.9 Å². The molecule has 0 saturated heterocycles. The number of fused-ring (bicyclic) bond motifs is 3. The van der Waals surface area contributed by atoms with Crippen LogP contribution in [0.5, 0.6) is 23.0 Å². The highest BCUT2D eigenvalue weighted by Crippen LogP contribution is 2.42. The van der Waals surface area contributed by atoms with Gasteiger partial charge in [0.15, 0.2) is 17.3 Å². The molecule has 0 saturated carbocycles. The monoisotopic (exact) mass is 443 g/mol. The minimum atomic E-state index is -0.105. The number of hydrogen-bond donors (Lipinski definition) is 0. The Morgan fingerprint density at radius 3 is 2.67 bits per heavy atom. The van der Waals surface area contributed by atoms with E-state index in [1.165, 1.54) is 0 Å². The maximum Gasteiger partial charge on any atom is 0.231 e. The molecule has 3 aromatic carbocycles. The van der Waals surface area contributed by atoms with E-state index in [1.54, 1.807) is 26.4 Å². The number of benzene rings is 3. The Morgan fingerprint density at radius 2 is 1.88 bits per heavy atom. The molecule has 6 nitrogen and oxygen atoms in total. The van der Waals surface area contributed by atoms with Crippen molar-refractivity contribution < 1.29 is 23.7 Å². The van der Waals surface area contributed by atoms with E-state index in [1.807, 2.05) is 55.5 Å². The van der Waals surface area contributed by atoms with Crippen molar-refractivity contribution in [3.63, 3.8) is 0 Å². The quantitative estimate of drug-likeness (QED) is 0.519. The first kappa shape index (κ1) is 21.1. The normalized spacial score (nSPS) is 16.1. The van der Waals surface area contributed by atoms with Crippen LogP contribution in [0.3, 0.4) is 0 Å². The lowest BCUT2D eigenvalue weighted by Crippen LogP contribution is -2.31. The second-order valence-electron chi connectivity index (χ2n) is 8.22. The molecule has 0 spiro atoms. The minimum Gasteiger partial charge on any atom is -0.493 e. The molecular formula is C27H25NO5. The van der Waals surface area contributed by atoms with Gasteiger partial charge in [-0.3, -0.25) is 9.69 Å². The van der Waals surface area contributed by atoms with Crippen LogP contribution in [0.1, 0.15) is 32.6 Å². The van der Waals surface area contributed by atoms with Gasteiger partial charge in [-0.15, -0.1) is 0 Å². The van der Waals surface area contributed by atoms with Crippen molar-refractivity contribution in [2.24, 2.45) is 0 Å². The SMILES string of the molecule is COc1ccc(CN2COc3ccc4c(c3C2)O/C(=C\c2cccc(C)c2)C4=O)cc1OC. The summed E-state index contributed by atoms with van der Waals surface area (Å²) in [5, 5.41) is 0. The molecule has 0 atom stereocenters. The number of carbonyl (C=O) groups excluding carboxylic acids is 1. The molecule has 0 radical (unpaired) electrons. The number of methoxy groups -OCH3 is 2. The van der Waals surface area contributed by atoms with Gasteiger partial charge in [0, 0.05) is 13.1 Å². The van der Waals surface area contributed by atoms with Crippen molar-refractivity contribution in [2.45, 2.75) is 20.0 Å². The Hall–Kier alpha value is -3.77. The van der Waals surface area contributed by atoms with Gasteiger partial charge in [-0.2, -0.15) is 0 Å². The number of nitrogens with zero attached hydrogens (tertiary/aromatic N) is 1. The maximum atomic E-state index is 13.0. The molecule has 0 unspecified atom stereocenters. The third-order valence-corrected chi connectivity index (χ3v) is 5.88. The number of hydrogen-bond acceptors (Lipinski definition) is 6. The van der Waals surface area contributed by atoms with Crippen LogP contribution in [0.2, 0.25) is 0 Å². The van der Waals surface area contributed by atoms with Crippen LogP contribution in [-0.4, -0.2) is 31.6 Å². The Morgan fingerprint density at radius 1 is 1.03 bits per heavy atom. The molecule has 3 aromatic rings. The number of allylic oxidation sites excluding steroid dienone is 1. The van der Waals surface area contributed by atoms with Gasteiger partial charge < -0.3 is 18.9 Å². The average molecular weight is 443 g/mol. The van der Waals surface area contributed by atoms with E-state index in [2.05, 4.69) is 4.90 Å². The lowest BCUT2D eigenvalue weighted by Gasteiger charge is -2.29. The molecule has 2 aliphatic rings. The molecule has 2 heterocycles. The zero-order chi connectivity index (χ0) is 22.9. The van der Waals surface area contributed by atoms with Crippen LogP contribution in [0, 0.1) is 6.92 Å². The number of Topliss-reactive ketones (excluding diaryl/α,β-unsaturated/α-hetero) is 1. The number of ether oxygens (including phenoxy) is 4.